The van der Waals surface area contributed by atoms with Crippen molar-refractivity contribution in [2.45, 2.75) is 23.4 Å². The highest BCUT2D eigenvalue weighted by Gasteiger charge is 2.46. The first-order valence-corrected chi connectivity index (χ1v) is 9.76. The van der Waals surface area contributed by atoms with Crippen LogP contribution in [0.1, 0.15) is 28.9 Å². The Balaban J connectivity index is 1.73. The average molecular weight is 428 g/mol. The Kier molecular flexibility index (Phi) is 5.26. The van der Waals surface area contributed by atoms with E-state index in [1.165, 1.54) is 0 Å². The van der Waals surface area contributed by atoms with Gasteiger partial charge < -0.3 is 15.4 Å². The monoisotopic (exact) mass is 428 g/mol. The molecule has 2 N–H and O–H groups in total. The van der Waals surface area contributed by atoms with E-state index in [1.54, 1.807) is 25.1 Å². The zero-order chi connectivity index (χ0) is 21.4. The number of hydrogen-bond acceptors (Lipinski definition) is 5. The first kappa shape index (κ1) is 20.6. The Morgan fingerprint density at radius 3 is 2.45 bits per heavy atom. The number of sulfone groups is 1. The molecule has 0 spiro atoms. The van der Waals surface area contributed by atoms with E-state index >= 15 is 0 Å². The molecule has 1 atom stereocenters. The van der Waals surface area contributed by atoms with Gasteiger partial charge in [-0.25, -0.2) is 8.42 Å². The fourth-order valence-corrected chi connectivity index (χ4v) is 3.41. The van der Waals surface area contributed by atoms with E-state index in [0.717, 1.165) is 24.3 Å². The number of benzene rings is 2. The zero-order valence-electron chi connectivity index (χ0n) is 14.9. The SMILES string of the molecule is CC(NC(=O)c1ccc(S(=O)(=O)C(F)(F)F)cc1)c1ccc2c(c1)NC(=O)CO2. The van der Waals surface area contributed by atoms with E-state index in [4.69, 9.17) is 4.74 Å². The van der Waals surface area contributed by atoms with Crippen molar-refractivity contribution in [2.24, 2.45) is 0 Å². The molecule has 0 fully saturated rings. The van der Waals surface area contributed by atoms with Crippen molar-refractivity contribution >= 4 is 27.3 Å². The highest BCUT2D eigenvalue weighted by molar-refractivity contribution is 7.92. The van der Waals surface area contributed by atoms with Crippen LogP contribution in [0.5, 0.6) is 5.75 Å². The summed E-state index contributed by atoms with van der Waals surface area (Å²) in [6, 6.07) is 7.93. The van der Waals surface area contributed by atoms with Crippen LogP contribution in [0.15, 0.2) is 47.4 Å². The second-order valence-corrected chi connectivity index (χ2v) is 8.20. The van der Waals surface area contributed by atoms with Crippen LogP contribution in [0.25, 0.3) is 0 Å². The van der Waals surface area contributed by atoms with Crippen molar-refractivity contribution in [3.05, 3.63) is 53.6 Å². The third-order valence-corrected chi connectivity index (χ3v) is 5.72. The number of anilines is 1. The summed E-state index contributed by atoms with van der Waals surface area (Å²) < 4.78 is 65.7. The highest BCUT2D eigenvalue weighted by Crippen LogP contribution is 2.31. The van der Waals surface area contributed by atoms with Crippen LogP contribution < -0.4 is 15.4 Å². The van der Waals surface area contributed by atoms with E-state index < -0.39 is 32.2 Å². The van der Waals surface area contributed by atoms with Gasteiger partial charge in [-0.2, -0.15) is 13.2 Å². The fourth-order valence-electron chi connectivity index (χ4n) is 2.65. The summed E-state index contributed by atoms with van der Waals surface area (Å²) in [5, 5.41) is 5.30. The Bertz CT molecular complexity index is 1070. The summed E-state index contributed by atoms with van der Waals surface area (Å²) in [5.74, 6) is -0.417. The van der Waals surface area contributed by atoms with Gasteiger partial charge in [0.05, 0.1) is 16.6 Å². The summed E-state index contributed by atoms with van der Waals surface area (Å²) in [4.78, 5) is 22.8. The second kappa shape index (κ2) is 7.39. The van der Waals surface area contributed by atoms with Gasteiger partial charge in [0.1, 0.15) is 5.75 Å². The second-order valence-electron chi connectivity index (χ2n) is 6.26. The molecule has 0 saturated carbocycles. The predicted octanol–water partition coefficient (Wildman–Crippen LogP) is 2.80. The summed E-state index contributed by atoms with van der Waals surface area (Å²) in [6.45, 7) is 1.59. The Labute approximate surface area is 163 Å². The van der Waals surface area contributed by atoms with Gasteiger partial charge in [-0.05, 0) is 48.9 Å². The number of amides is 2. The number of ether oxygens (including phenoxy) is 1. The number of carbonyl (C=O) groups is 2. The molecule has 2 aromatic carbocycles. The molecule has 7 nitrogen and oxygen atoms in total. The zero-order valence-corrected chi connectivity index (χ0v) is 15.7. The number of halogens is 3. The third-order valence-electron chi connectivity index (χ3n) is 4.22. The standard InChI is InChI=1S/C18H15F3N2O5S/c1-10(12-4-7-15-14(8-12)23-16(24)9-28-15)22-17(25)11-2-5-13(6-3-11)29(26,27)18(19,20)21/h2-8,10H,9H2,1H3,(H,22,25)(H,23,24). The number of fused-ring (bicyclic) bond motifs is 1. The van der Waals surface area contributed by atoms with Gasteiger partial charge in [-0.1, -0.05) is 6.07 Å². The smallest absolute Gasteiger partial charge is 0.482 e. The molecular formula is C18H15F3N2O5S. The Morgan fingerprint density at radius 1 is 1.17 bits per heavy atom. The molecule has 1 aliphatic heterocycles. The molecule has 1 heterocycles. The van der Waals surface area contributed by atoms with Crippen molar-refractivity contribution in [3.63, 3.8) is 0 Å². The molecule has 0 radical (unpaired) electrons. The number of nitrogens with one attached hydrogen (secondary N) is 2. The quantitative estimate of drug-likeness (QED) is 0.780. The van der Waals surface area contributed by atoms with Gasteiger partial charge in [0.25, 0.3) is 21.7 Å². The van der Waals surface area contributed by atoms with E-state index in [9.17, 15) is 31.2 Å². The number of alkyl halides is 3. The summed E-state index contributed by atoms with van der Waals surface area (Å²) in [5.41, 5.74) is -4.31. The minimum atomic E-state index is -5.48. The van der Waals surface area contributed by atoms with Crippen LogP contribution >= 0.6 is 0 Å². The molecule has 2 amide bonds. The van der Waals surface area contributed by atoms with Crippen LogP contribution in [0.4, 0.5) is 18.9 Å². The topological polar surface area (TPSA) is 102 Å². The average Bonchev–Trinajstić information content (AvgIpc) is 2.66. The maximum atomic E-state index is 12.6. The normalized spacial score (nSPS) is 15.0. The molecule has 0 aromatic heterocycles. The van der Waals surface area contributed by atoms with Gasteiger partial charge in [-0.3, -0.25) is 9.59 Å². The number of rotatable bonds is 4. The van der Waals surface area contributed by atoms with Crippen molar-refractivity contribution < 1.29 is 35.9 Å². The molecule has 154 valence electrons. The largest absolute Gasteiger partial charge is 0.501 e. The first-order valence-electron chi connectivity index (χ1n) is 8.28. The molecule has 1 aliphatic rings. The minimum absolute atomic E-state index is 0.00688. The minimum Gasteiger partial charge on any atom is -0.482 e. The van der Waals surface area contributed by atoms with Gasteiger partial charge in [0.15, 0.2) is 6.61 Å². The summed E-state index contributed by atoms with van der Waals surface area (Å²) in [6.07, 6.45) is 0. The molecule has 1 unspecified atom stereocenters. The lowest BCUT2D eigenvalue weighted by atomic mass is 10.1. The number of hydrogen-bond donors (Lipinski definition) is 2. The molecule has 29 heavy (non-hydrogen) atoms. The Morgan fingerprint density at radius 2 is 1.83 bits per heavy atom. The van der Waals surface area contributed by atoms with E-state index in [1.807, 2.05) is 0 Å². The lowest BCUT2D eigenvalue weighted by Gasteiger charge is -2.21. The van der Waals surface area contributed by atoms with Crippen molar-refractivity contribution in [1.82, 2.24) is 5.32 Å². The van der Waals surface area contributed by atoms with Crippen LogP contribution in [0, 0.1) is 0 Å². The van der Waals surface area contributed by atoms with Gasteiger partial charge >= 0.3 is 5.51 Å². The van der Waals surface area contributed by atoms with Gasteiger partial charge in [0.2, 0.25) is 0 Å². The van der Waals surface area contributed by atoms with Crippen LogP contribution in [-0.4, -0.2) is 32.3 Å². The molecule has 3 rings (SSSR count). The molecule has 0 aliphatic carbocycles. The van der Waals surface area contributed by atoms with Crippen molar-refractivity contribution in [3.8, 4) is 5.75 Å². The lowest BCUT2D eigenvalue weighted by molar-refractivity contribution is -0.118. The van der Waals surface area contributed by atoms with Crippen LogP contribution in [0.2, 0.25) is 0 Å². The van der Waals surface area contributed by atoms with E-state index in [0.29, 0.717) is 17.0 Å². The highest BCUT2D eigenvalue weighted by atomic mass is 32.2. The van der Waals surface area contributed by atoms with Crippen LogP contribution in [0.3, 0.4) is 0 Å². The first-order chi connectivity index (χ1) is 13.5. The van der Waals surface area contributed by atoms with E-state index in [-0.39, 0.29) is 18.1 Å². The molecular weight excluding hydrogens is 413 g/mol. The summed E-state index contributed by atoms with van der Waals surface area (Å²) >= 11 is 0. The van der Waals surface area contributed by atoms with Crippen molar-refractivity contribution in [1.29, 1.82) is 0 Å². The molecule has 0 bridgehead atoms. The Hall–Kier alpha value is -3.08. The fraction of sp³-hybridized carbons (Fsp3) is 0.222. The summed E-state index contributed by atoms with van der Waals surface area (Å²) in [7, 11) is -5.48. The number of carbonyl (C=O) groups excluding carboxylic acids is 2. The lowest BCUT2D eigenvalue weighted by Crippen LogP contribution is -2.28. The predicted molar refractivity (Wildman–Crippen MR) is 96.1 cm³/mol. The molecule has 0 saturated heterocycles. The van der Waals surface area contributed by atoms with Crippen molar-refractivity contribution in [2.75, 3.05) is 11.9 Å². The van der Waals surface area contributed by atoms with E-state index in [2.05, 4.69) is 10.6 Å². The molecule has 11 heteroatoms. The van der Waals surface area contributed by atoms with Gasteiger partial charge in [0, 0.05) is 5.56 Å². The van der Waals surface area contributed by atoms with Gasteiger partial charge in [-0.15, -0.1) is 0 Å². The third kappa shape index (κ3) is 4.19. The molecule has 2 aromatic rings. The van der Waals surface area contributed by atoms with Crippen LogP contribution in [-0.2, 0) is 14.6 Å². The maximum absolute atomic E-state index is 12.6. The maximum Gasteiger partial charge on any atom is 0.501 e.